The highest BCUT2D eigenvalue weighted by atomic mass is 16.6. The summed E-state index contributed by atoms with van der Waals surface area (Å²) in [6.45, 7) is 1.80. The summed E-state index contributed by atoms with van der Waals surface area (Å²) in [6, 6.07) is 6.59. The quantitative estimate of drug-likeness (QED) is 0.416. The molecule has 0 saturated heterocycles. The fraction of sp³-hybridized carbons (Fsp3) is 0.273. The molecule has 0 unspecified atom stereocenters. The maximum atomic E-state index is 10.4. The van der Waals surface area contributed by atoms with Crippen LogP contribution in [0, 0.1) is 22.0 Å². The number of hydrogen-bond donors (Lipinski definition) is 0. The Morgan fingerprint density at radius 1 is 1.36 bits per heavy atom. The average molecular weight is 189 g/mol. The number of nitro benzene ring substituents is 1. The molecule has 0 aliphatic rings. The van der Waals surface area contributed by atoms with E-state index in [2.05, 4.69) is 11.8 Å². The van der Waals surface area contributed by atoms with E-state index in [0.717, 1.165) is 18.4 Å². The summed E-state index contributed by atoms with van der Waals surface area (Å²) in [5, 5.41) is 10.4. The molecule has 0 aromatic heterocycles. The van der Waals surface area contributed by atoms with Crippen molar-refractivity contribution in [2.45, 2.75) is 19.8 Å². The van der Waals surface area contributed by atoms with Gasteiger partial charge < -0.3 is 0 Å². The SMILES string of the molecule is CC#CCCc1ccc([N+](=O)[O-])cc1. The Bertz CT molecular complexity index is 371. The van der Waals surface area contributed by atoms with Crippen LogP contribution in [0.3, 0.4) is 0 Å². The van der Waals surface area contributed by atoms with Crippen LogP contribution in [0.2, 0.25) is 0 Å². The fourth-order valence-corrected chi connectivity index (χ4v) is 1.12. The lowest BCUT2D eigenvalue weighted by Crippen LogP contribution is -1.88. The molecule has 1 aromatic carbocycles. The first-order chi connectivity index (χ1) is 6.74. The lowest BCUT2D eigenvalue weighted by atomic mass is 10.1. The molecule has 0 N–H and O–H groups in total. The second-order valence-corrected chi connectivity index (χ2v) is 2.85. The van der Waals surface area contributed by atoms with Gasteiger partial charge in [-0.25, -0.2) is 0 Å². The molecule has 14 heavy (non-hydrogen) atoms. The lowest BCUT2D eigenvalue weighted by Gasteiger charge is -1.96. The predicted molar refractivity (Wildman–Crippen MR) is 54.9 cm³/mol. The number of nitro groups is 1. The molecule has 1 rings (SSSR count). The van der Waals surface area contributed by atoms with Crippen LogP contribution in [0.5, 0.6) is 0 Å². The van der Waals surface area contributed by atoms with Gasteiger partial charge in [0.1, 0.15) is 0 Å². The molecule has 0 bridgehead atoms. The second-order valence-electron chi connectivity index (χ2n) is 2.85. The van der Waals surface area contributed by atoms with Crippen molar-refractivity contribution in [1.82, 2.24) is 0 Å². The Morgan fingerprint density at radius 2 is 2.00 bits per heavy atom. The minimum Gasteiger partial charge on any atom is -0.258 e. The zero-order valence-corrected chi connectivity index (χ0v) is 7.99. The Balaban J connectivity index is 2.62. The van der Waals surface area contributed by atoms with Crippen LogP contribution in [-0.2, 0) is 6.42 Å². The van der Waals surface area contributed by atoms with Crippen molar-refractivity contribution in [3.63, 3.8) is 0 Å². The van der Waals surface area contributed by atoms with Gasteiger partial charge in [0.25, 0.3) is 5.69 Å². The summed E-state index contributed by atoms with van der Waals surface area (Å²) in [4.78, 5) is 9.96. The topological polar surface area (TPSA) is 43.1 Å². The predicted octanol–water partition coefficient (Wildman–Crippen LogP) is 2.55. The molecule has 3 nitrogen and oxygen atoms in total. The summed E-state index contributed by atoms with van der Waals surface area (Å²) < 4.78 is 0. The Morgan fingerprint density at radius 3 is 2.50 bits per heavy atom. The molecule has 0 saturated carbocycles. The molecule has 3 heteroatoms. The summed E-state index contributed by atoms with van der Waals surface area (Å²) in [6.07, 6.45) is 1.65. The number of hydrogen-bond acceptors (Lipinski definition) is 2. The van der Waals surface area contributed by atoms with Crippen molar-refractivity contribution in [2.75, 3.05) is 0 Å². The van der Waals surface area contributed by atoms with E-state index in [1.165, 1.54) is 12.1 Å². The van der Waals surface area contributed by atoms with Crippen LogP contribution in [-0.4, -0.2) is 4.92 Å². The first-order valence-corrected chi connectivity index (χ1v) is 4.37. The van der Waals surface area contributed by atoms with Crippen LogP contribution in [0.25, 0.3) is 0 Å². The van der Waals surface area contributed by atoms with E-state index in [1.54, 1.807) is 19.1 Å². The van der Waals surface area contributed by atoms with E-state index in [4.69, 9.17) is 0 Å². The highest BCUT2D eigenvalue weighted by molar-refractivity contribution is 5.33. The van der Waals surface area contributed by atoms with Gasteiger partial charge in [-0.3, -0.25) is 10.1 Å². The Hall–Kier alpha value is -1.82. The van der Waals surface area contributed by atoms with Crippen molar-refractivity contribution >= 4 is 5.69 Å². The van der Waals surface area contributed by atoms with E-state index in [-0.39, 0.29) is 5.69 Å². The fourth-order valence-electron chi connectivity index (χ4n) is 1.12. The van der Waals surface area contributed by atoms with Crippen molar-refractivity contribution in [1.29, 1.82) is 0 Å². The molecule has 0 aliphatic heterocycles. The maximum Gasteiger partial charge on any atom is 0.269 e. The van der Waals surface area contributed by atoms with E-state index >= 15 is 0 Å². The third-order valence-electron chi connectivity index (χ3n) is 1.86. The molecule has 0 heterocycles. The Labute approximate surface area is 82.9 Å². The normalized spacial score (nSPS) is 8.93. The van der Waals surface area contributed by atoms with Crippen molar-refractivity contribution in [3.05, 3.63) is 39.9 Å². The van der Waals surface area contributed by atoms with Crippen LogP contribution in [0.1, 0.15) is 18.9 Å². The number of non-ortho nitro benzene ring substituents is 1. The smallest absolute Gasteiger partial charge is 0.258 e. The van der Waals surface area contributed by atoms with Gasteiger partial charge in [0.2, 0.25) is 0 Å². The third kappa shape index (κ3) is 2.91. The highest BCUT2D eigenvalue weighted by Crippen LogP contribution is 2.12. The molecule has 1 aromatic rings. The zero-order valence-electron chi connectivity index (χ0n) is 7.99. The summed E-state index contributed by atoms with van der Waals surface area (Å²) in [5.74, 6) is 5.76. The molecule has 0 radical (unpaired) electrons. The van der Waals surface area contributed by atoms with E-state index in [0.29, 0.717) is 0 Å². The molecule has 0 atom stereocenters. The van der Waals surface area contributed by atoms with Crippen LogP contribution < -0.4 is 0 Å². The van der Waals surface area contributed by atoms with Gasteiger partial charge in [0.15, 0.2) is 0 Å². The van der Waals surface area contributed by atoms with Crippen LogP contribution >= 0.6 is 0 Å². The van der Waals surface area contributed by atoms with Crippen molar-refractivity contribution in [2.24, 2.45) is 0 Å². The molecule has 0 aliphatic carbocycles. The molecule has 0 amide bonds. The molecule has 72 valence electrons. The van der Waals surface area contributed by atoms with Gasteiger partial charge in [-0.15, -0.1) is 11.8 Å². The van der Waals surface area contributed by atoms with Gasteiger partial charge in [0.05, 0.1) is 4.92 Å². The molecular formula is C11H11NO2. The average Bonchev–Trinajstić information content (AvgIpc) is 2.19. The maximum absolute atomic E-state index is 10.4. The van der Waals surface area contributed by atoms with Crippen LogP contribution in [0.4, 0.5) is 5.69 Å². The van der Waals surface area contributed by atoms with Gasteiger partial charge >= 0.3 is 0 Å². The van der Waals surface area contributed by atoms with Crippen molar-refractivity contribution in [3.8, 4) is 11.8 Å². The first kappa shape index (κ1) is 10.3. The zero-order chi connectivity index (χ0) is 10.4. The van der Waals surface area contributed by atoms with Gasteiger partial charge in [-0.1, -0.05) is 12.1 Å². The molecule has 0 fully saturated rings. The number of benzene rings is 1. The summed E-state index contributed by atoms with van der Waals surface area (Å²) in [7, 11) is 0. The van der Waals surface area contributed by atoms with Crippen LogP contribution in [0.15, 0.2) is 24.3 Å². The van der Waals surface area contributed by atoms with E-state index in [9.17, 15) is 10.1 Å². The molecular weight excluding hydrogens is 178 g/mol. The largest absolute Gasteiger partial charge is 0.269 e. The highest BCUT2D eigenvalue weighted by Gasteiger charge is 2.02. The first-order valence-electron chi connectivity index (χ1n) is 4.37. The molecule has 0 spiro atoms. The number of nitrogens with zero attached hydrogens (tertiary/aromatic N) is 1. The number of aryl methyl sites for hydroxylation is 1. The summed E-state index contributed by atoms with van der Waals surface area (Å²) >= 11 is 0. The summed E-state index contributed by atoms with van der Waals surface area (Å²) in [5.41, 5.74) is 1.22. The third-order valence-corrected chi connectivity index (χ3v) is 1.86. The monoisotopic (exact) mass is 189 g/mol. The minimum absolute atomic E-state index is 0.135. The van der Waals surface area contributed by atoms with Crippen molar-refractivity contribution < 1.29 is 4.92 Å². The Kier molecular flexibility index (Phi) is 3.69. The van der Waals surface area contributed by atoms with E-state index in [1.807, 2.05) is 0 Å². The van der Waals surface area contributed by atoms with Gasteiger partial charge in [0, 0.05) is 18.6 Å². The lowest BCUT2D eigenvalue weighted by molar-refractivity contribution is -0.384. The number of rotatable bonds is 3. The standard InChI is InChI=1S/C11H11NO2/c1-2-3-4-5-10-6-8-11(9-7-10)12(13)14/h6-9H,4-5H2,1H3. The second kappa shape index (κ2) is 5.03. The van der Waals surface area contributed by atoms with Gasteiger partial charge in [-0.05, 0) is 18.9 Å². The minimum atomic E-state index is -0.393. The van der Waals surface area contributed by atoms with E-state index < -0.39 is 4.92 Å². The van der Waals surface area contributed by atoms with Gasteiger partial charge in [-0.2, -0.15) is 0 Å².